The first-order chi connectivity index (χ1) is 11.1. The van der Waals surface area contributed by atoms with Crippen molar-refractivity contribution in [3.63, 3.8) is 0 Å². The minimum absolute atomic E-state index is 0.0421. The van der Waals surface area contributed by atoms with E-state index in [1.165, 1.54) is 0 Å². The van der Waals surface area contributed by atoms with Gasteiger partial charge in [-0.05, 0) is 23.8 Å². The maximum absolute atomic E-state index is 11.7. The van der Waals surface area contributed by atoms with E-state index in [9.17, 15) is 14.4 Å². The van der Waals surface area contributed by atoms with Gasteiger partial charge in [-0.3, -0.25) is 19.7 Å². The molecule has 0 spiro atoms. The molecule has 0 aliphatic rings. The molecule has 2 rings (SSSR count). The first-order valence-electron chi connectivity index (χ1n) is 6.84. The van der Waals surface area contributed by atoms with Crippen LogP contribution in [0.15, 0.2) is 54.6 Å². The van der Waals surface area contributed by atoms with Crippen molar-refractivity contribution >= 4 is 29.4 Å². The van der Waals surface area contributed by atoms with Gasteiger partial charge in [0.2, 0.25) is 0 Å². The molecule has 0 bridgehead atoms. The summed E-state index contributed by atoms with van der Waals surface area (Å²) in [5.41, 5.74) is 0.961. The minimum atomic E-state index is -0.689. The number of hydrogen-bond acceptors (Lipinski definition) is 4. The Bertz CT molecular complexity index is 716. The molecule has 0 aliphatic carbocycles. The second-order valence-corrected chi connectivity index (χ2v) is 5.08. The van der Waals surface area contributed by atoms with Gasteiger partial charge in [-0.2, -0.15) is 0 Å². The molecule has 0 fully saturated rings. The smallest absolute Gasteiger partial charge is 0.310 e. The molecule has 0 radical (unpaired) electrons. The van der Waals surface area contributed by atoms with Crippen LogP contribution in [0.1, 0.15) is 15.9 Å². The van der Waals surface area contributed by atoms with E-state index >= 15 is 0 Å². The lowest BCUT2D eigenvalue weighted by Crippen LogP contribution is -2.34. The summed E-state index contributed by atoms with van der Waals surface area (Å²) in [5, 5.41) is 2.60. The summed E-state index contributed by atoms with van der Waals surface area (Å²) in [6.45, 7) is -0.526. The summed E-state index contributed by atoms with van der Waals surface area (Å²) in [6.07, 6.45) is -0.0421. The lowest BCUT2D eigenvalue weighted by Gasteiger charge is -2.07. The van der Waals surface area contributed by atoms with Gasteiger partial charge in [-0.25, -0.2) is 0 Å². The Morgan fingerprint density at radius 2 is 1.61 bits per heavy atom. The number of carbonyl (C=O) groups is 3. The van der Waals surface area contributed by atoms with Crippen LogP contribution < -0.4 is 5.32 Å². The van der Waals surface area contributed by atoms with Crippen molar-refractivity contribution in [2.24, 2.45) is 0 Å². The van der Waals surface area contributed by atoms with E-state index in [0.717, 1.165) is 0 Å². The van der Waals surface area contributed by atoms with E-state index in [2.05, 4.69) is 5.32 Å². The number of benzene rings is 2. The second kappa shape index (κ2) is 8.10. The predicted octanol–water partition coefficient (Wildman–Crippen LogP) is 2.38. The molecule has 23 heavy (non-hydrogen) atoms. The predicted molar refractivity (Wildman–Crippen MR) is 85.0 cm³/mol. The standard InChI is InChI=1S/C17H14ClNO4/c18-14-9-5-4-8-13(14)10-16(21)23-11-15(20)19-17(22)12-6-2-1-3-7-12/h1-9H,10-11H2,(H,19,20,22). The highest BCUT2D eigenvalue weighted by Gasteiger charge is 2.13. The second-order valence-electron chi connectivity index (χ2n) is 4.67. The average molecular weight is 332 g/mol. The first-order valence-corrected chi connectivity index (χ1v) is 7.22. The van der Waals surface area contributed by atoms with Crippen LogP contribution >= 0.6 is 11.6 Å². The Morgan fingerprint density at radius 3 is 2.30 bits per heavy atom. The van der Waals surface area contributed by atoms with Crippen LogP contribution in [-0.2, 0) is 20.7 Å². The topological polar surface area (TPSA) is 72.5 Å². The summed E-state index contributed by atoms with van der Waals surface area (Å²) >= 11 is 5.94. The molecule has 0 atom stereocenters. The highest BCUT2D eigenvalue weighted by atomic mass is 35.5. The fraction of sp³-hybridized carbons (Fsp3) is 0.118. The fourth-order valence-corrected chi connectivity index (χ4v) is 2.02. The van der Waals surface area contributed by atoms with Crippen LogP contribution in [0.4, 0.5) is 0 Å². The molecule has 0 unspecified atom stereocenters. The van der Waals surface area contributed by atoms with E-state index in [4.69, 9.17) is 16.3 Å². The van der Waals surface area contributed by atoms with Crippen molar-refractivity contribution in [1.29, 1.82) is 0 Å². The molecule has 6 heteroatoms. The number of rotatable bonds is 5. The minimum Gasteiger partial charge on any atom is -0.455 e. The number of halogens is 1. The van der Waals surface area contributed by atoms with Crippen LogP contribution in [0.2, 0.25) is 5.02 Å². The molecule has 0 saturated carbocycles. The zero-order valence-electron chi connectivity index (χ0n) is 12.1. The molecule has 0 aliphatic heterocycles. The molecule has 2 amide bonds. The van der Waals surface area contributed by atoms with Gasteiger partial charge in [-0.1, -0.05) is 48.0 Å². The maximum atomic E-state index is 11.7. The monoisotopic (exact) mass is 331 g/mol. The lowest BCUT2D eigenvalue weighted by atomic mass is 10.1. The van der Waals surface area contributed by atoms with Crippen LogP contribution in [-0.4, -0.2) is 24.4 Å². The maximum Gasteiger partial charge on any atom is 0.310 e. The molecule has 1 N–H and O–H groups in total. The molecule has 0 aromatic heterocycles. The Labute approximate surface area is 138 Å². The lowest BCUT2D eigenvalue weighted by molar-refractivity contribution is -0.147. The van der Waals surface area contributed by atoms with Crippen molar-refractivity contribution < 1.29 is 19.1 Å². The molecule has 0 saturated heterocycles. The number of carbonyl (C=O) groups excluding carboxylic acids is 3. The van der Waals surface area contributed by atoms with Gasteiger partial charge in [-0.15, -0.1) is 0 Å². The number of imide groups is 1. The van der Waals surface area contributed by atoms with Crippen molar-refractivity contribution in [2.75, 3.05) is 6.61 Å². The van der Waals surface area contributed by atoms with Gasteiger partial charge in [0.25, 0.3) is 11.8 Å². The third-order valence-electron chi connectivity index (χ3n) is 2.95. The molecular formula is C17H14ClNO4. The zero-order chi connectivity index (χ0) is 16.7. The number of hydrogen-bond donors (Lipinski definition) is 1. The van der Waals surface area contributed by atoms with Crippen molar-refractivity contribution in [3.05, 3.63) is 70.7 Å². The van der Waals surface area contributed by atoms with Crippen LogP contribution in [0.5, 0.6) is 0 Å². The van der Waals surface area contributed by atoms with Gasteiger partial charge in [0.05, 0.1) is 6.42 Å². The zero-order valence-corrected chi connectivity index (χ0v) is 12.9. The number of amides is 2. The van der Waals surface area contributed by atoms with E-state index in [0.29, 0.717) is 16.1 Å². The molecular weight excluding hydrogens is 318 g/mol. The van der Waals surface area contributed by atoms with Gasteiger partial charge < -0.3 is 4.74 Å². The molecule has 2 aromatic carbocycles. The SMILES string of the molecule is O=C(COC(=O)Cc1ccccc1Cl)NC(=O)c1ccccc1. The van der Waals surface area contributed by atoms with Gasteiger partial charge in [0.15, 0.2) is 6.61 Å². The summed E-state index contributed by atoms with van der Waals surface area (Å²) in [7, 11) is 0. The summed E-state index contributed by atoms with van der Waals surface area (Å²) in [5.74, 6) is -1.83. The van der Waals surface area contributed by atoms with Crippen molar-refractivity contribution in [2.45, 2.75) is 6.42 Å². The molecule has 2 aromatic rings. The Kier molecular flexibility index (Phi) is 5.88. The van der Waals surface area contributed by atoms with Crippen LogP contribution in [0.3, 0.4) is 0 Å². The molecule has 5 nitrogen and oxygen atoms in total. The van der Waals surface area contributed by atoms with Gasteiger partial charge in [0.1, 0.15) is 0 Å². The summed E-state index contributed by atoms with van der Waals surface area (Å²) < 4.78 is 4.84. The normalized spacial score (nSPS) is 9.96. The fourth-order valence-electron chi connectivity index (χ4n) is 1.82. The Morgan fingerprint density at radius 1 is 0.957 bits per heavy atom. The van der Waals surface area contributed by atoms with Crippen molar-refractivity contribution in [3.8, 4) is 0 Å². The van der Waals surface area contributed by atoms with Crippen LogP contribution in [0.25, 0.3) is 0 Å². The number of esters is 1. The third kappa shape index (κ3) is 5.23. The number of nitrogens with one attached hydrogen (secondary N) is 1. The Hall–Kier alpha value is -2.66. The Balaban J connectivity index is 1.79. The van der Waals surface area contributed by atoms with Gasteiger partial charge >= 0.3 is 5.97 Å². The van der Waals surface area contributed by atoms with Gasteiger partial charge in [0, 0.05) is 10.6 Å². The average Bonchev–Trinajstić information content (AvgIpc) is 2.56. The number of ether oxygens (including phenoxy) is 1. The summed E-state index contributed by atoms with van der Waals surface area (Å²) in [4.78, 5) is 35.0. The third-order valence-corrected chi connectivity index (χ3v) is 3.31. The molecule has 118 valence electrons. The van der Waals surface area contributed by atoms with Crippen LogP contribution in [0, 0.1) is 0 Å². The quantitative estimate of drug-likeness (QED) is 0.854. The first kappa shape index (κ1) is 16.7. The molecule has 0 heterocycles. The summed E-state index contributed by atoms with van der Waals surface area (Å²) in [6, 6.07) is 15.1. The van der Waals surface area contributed by atoms with E-state index in [1.54, 1.807) is 54.6 Å². The van der Waals surface area contributed by atoms with E-state index in [-0.39, 0.29) is 6.42 Å². The highest BCUT2D eigenvalue weighted by Crippen LogP contribution is 2.15. The van der Waals surface area contributed by atoms with Crippen molar-refractivity contribution in [1.82, 2.24) is 5.32 Å². The largest absolute Gasteiger partial charge is 0.455 e. The van der Waals surface area contributed by atoms with E-state index in [1.807, 2.05) is 0 Å². The highest BCUT2D eigenvalue weighted by molar-refractivity contribution is 6.31. The van der Waals surface area contributed by atoms with E-state index < -0.39 is 24.4 Å².